The topological polar surface area (TPSA) is 85.9 Å². The van der Waals surface area contributed by atoms with Gasteiger partial charge in [-0.15, -0.1) is 5.10 Å². The second-order valence-electron chi connectivity index (χ2n) is 7.00. The molecule has 8 nitrogen and oxygen atoms in total. The van der Waals surface area contributed by atoms with Crippen molar-refractivity contribution >= 4 is 9.84 Å². The van der Waals surface area contributed by atoms with E-state index in [1.807, 2.05) is 28.7 Å². The minimum absolute atomic E-state index is 0.138. The van der Waals surface area contributed by atoms with Gasteiger partial charge in [0.25, 0.3) is 0 Å². The number of hydrogen-bond donors (Lipinski definition) is 0. The third-order valence-electron chi connectivity index (χ3n) is 5.28. The largest absolute Gasteiger partial charge is 0.288 e. The minimum Gasteiger partial charge on any atom is -0.288 e. The molecule has 2 aliphatic rings. The zero-order valence-corrected chi connectivity index (χ0v) is 15.3. The Hall–Kier alpha value is -1.74. The van der Waals surface area contributed by atoms with Crippen LogP contribution in [-0.4, -0.2) is 56.1 Å². The molecule has 3 heterocycles. The maximum Gasteiger partial charge on any atom is 0.153 e. The highest BCUT2D eigenvalue weighted by molar-refractivity contribution is 7.91. The molecule has 1 atom stereocenters. The Labute approximate surface area is 147 Å². The van der Waals surface area contributed by atoms with Gasteiger partial charge in [-0.3, -0.25) is 9.58 Å². The molecule has 136 valence electrons. The summed E-state index contributed by atoms with van der Waals surface area (Å²) in [6.07, 6.45) is 9.34. The summed E-state index contributed by atoms with van der Waals surface area (Å²) >= 11 is 0. The van der Waals surface area contributed by atoms with Crippen LogP contribution in [0.4, 0.5) is 0 Å². The maximum atomic E-state index is 12.2. The SMILES string of the molecule is CCn1cc(C2CS(=O)(=O)CCN2Cc2cn(C3CCC3)nn2)cn1. The fourth-order valence-electron chi connectivity index (χ4n) is 3.49. The highest BCUT2D eigenvalue weighted by Crippen LogP contribution is 2.31. The van der Waals surface area contributed by atoms with Gasteiger partial charge in [0.1, 0.15) is 0 Å². The van der Waals surface area contributed by atoms with Gasteiger partial charge in [0.15, 0.2) is 9.84 Å². The van der Waals surface area contributed by atoms with Gasteiger partial charge in [-0.2, -0.15) is 5.10 Å². The summed E-state index contributed by atoms with van der Waals surface area (Å²) in [5, 5.41) is 12.9. The van der Waals surface area contributed by atoms with Crippen molar-refractivity contribution < 1.29 is 8.42 Å². The molecular formula is C16H24N6O2S. The van der Waals surface area contributed by atoms with E-state index in [9.17, 15) is 8.42 Å². The van der Waals surface area contributed by atoms with Gasteiger partial charge in [0.05, 0.1) is 41.7 Å². The summed E-state index contributed by atoms with van der Waals surface area (Å²) in [5.41, 5.74) is 1.86. The van der Waals surface area contributed by atoms with Crippen LogP contribution >= 0.6 is 0 Å². The zero-order valence-electron chi connectivity index (χ0n) is 14.5. The summed E-state index contributed by atoms with van der Waals surface area (Å²) in [4.78, 5) is 2.19. The molecule has 25 heavy (non-hydrogen) atoms. The van der Waals surface area contributed by atoms with Crippen molar-refractivity contribution in [1.29, 1.82) is 0 Å². The lowest BCUT2D eigenvalue weighted by molar-refractivity contribution is 0.203. The van der Waals surface area contributed by atoms with Crippen LogP contribution in [0.3, 0.4) is 0 Å². The molecule has 1 saturated carbocycles. The fraction of sp³-hybridized carbons (Fsp3) is 0.688. The van der Waals surface area contributed by atoms with E-state index in [0.717, 1.165) is 17.8 Å². The lowest BCUT2D eigenvalue weighted by Crippen LogP contribution is -2.42. The van der Waals surface area contributed by atoms with Crippen molar-refractivity contribution in [1.82, 2.24) is 29.7 Å². The first-order valence-corrected chi connectivity index (χ1v) is 10.7. The van der Waals surface area contributed by atoms with Crippen LogP contribution < -0.4 is 0 Å². The van der Waals surface area contributed by atoms with E-state index < -0.39 is 9.84 Å². The first-order chi connectivity index (χ1) is 12.0. The third-order valence-corrected chi connectivity index (χ3v) is 6.90. The molecule has 0 amide bonds. The first-order valence-electron chi connectivity index (χ1n) is 8.91. The van der Waals surface area contributed by atoms with E-state index >= 15 is 0 Å². The molecule has 0 spiro atoms. The fourth-order valence-corrected chi connectivity index (χ4v) is 5.05. The van der Waals surface area contributed by atoms with E-state index in [4.69, 9.17) is 0 Å². The smallest absolute Gasteiger partial charge is 0.153 e. The van der Waals surface area contributed by atoms with Crippen LogP contribution in [0.2, 0.25) is 0 Å². The minimum atomic E-state index is -3.03. The molecule has 0 N–H and O–H groups in total. The number of rotatable bonds is 5. The van der Waals surface area contributed by atoms with Gasteiger partial charge in [-0.05, 0) is 26.2 Å². The second-order valence-corrected chi connectivity index (χ2v) is 9.23. The summed E-state index contributed by atoms with van der Waals surface area (Å²) in [6, 6.07) is 0.314. The van der Waals surface area contributed by atoms with Crippen LogP contribution in [0.15, 0.2) is 18.6 Å². The molecule has 1 aliphatic carbocycles. The van der Waals surface area contributed by atoms with Gasteiger partial charge in [-0.25, -0.2) is 13.1 Å². The Kier molecular flexibility index (Phi) is 4.36. The van der Waals surface area contributed by atoms with Gasteiger partial charge in [0, 0.05) is 31.4 Å². The van der Waals surface area contributed by atoms with E-state index in [1.165, 1.54) is 19.3 Å². The van der Waals surface area contributed by atoms with Crippen LogP contribution in [0, 0.1) is 0 Å². The van der Waals surface area contributed by atoms with E-state index in [1.54, 1.807) is 6.20 Å². The number of aryl methyl sites for hydroxylation is 1. The van der Waals surface area contributed by atoms with Crippen molar-refractivity contribution in [2.45, 2.75) is 51.4 Å². The van der Waals surface area contributed by atoms with Crippen LogP contribution in [-0.2, 0) is 22.9 Å². The molecule has 0 aromatic carbocycles. The van der Waals surface area contributed by atoms with Crippen molar-refractivity contribution in [2.24, 2.45) is 0 Å². The third kappa shape index (κ3) is 3.48. The van der Waals surface area contributed by atoms with Crippen molar-refractivity contribution in [2.75, 3.05) is 18.1 Å². The molecule has 1 saturated heterocycles. The summed E-state index contributed by atoms with van der Waals surface area (Å²) in [5.74, 6) is 0.335. The predicted octanol–water partition coefficient (Wildman–Crippen LogP) is 1.19. The monoisotopic (exact) mass is 364 g/mol. The summed E-state index contributed by atoms with van der Waals surface area (Å²) < 4.78 is 28.1. The van der Waals surface area contributed by atoms with Gasteiger partial charge < -0.3 is 0 Å². The lowest BCUT2D eigenvalue weighted by atomic mass is 9.93. The second kappa shape index (κ2) is 6.53. The Morgan fingerprint density at radius 2 is 2.12 bits per heavy atom. The molecule has 0 bridgehead atoms. The summed E-state index contributed by atoms with van der Waals surface area (Å²) in [7, 11) is -3.03. The molecule has 2 aromatic rings. The first kappa shape index (κ1) is 16.7. The van der Waals surface area contributed by atoms with E-state index in [2.05, 4.69) is 20.3 Å². The van der Waals surface area contributed by atoms with Gasteiger partial charge in [0.2, 0.25) is 0 Å². The van der Waals surface area contributed by atoms with E-state index in [-0.39, 0.29) is 17.5 Å². The molecule has 2 fully saturated rings. The van der Waals surface area contributed by atoms with Crippen molar-refractivity contribution in [3.63, 3.8) is 0 Å². The molecule has 2 aromatic heterocycles. The van der Waals surface area contributed by atoms with Crippen LogP contribution in [0.5, 0.6) is 0 Å². The highest BCUT2D eigenvalue weighted by Gasteiger charge is 2.33. The molecule has 0 radical (unpaired) electrons. The van der Waals surface area contributed by atoms with Gasteiger partial charge in [-0.1, -0.05) is 5.21 Å². The lowest BCUT2D eigenvalue weighted by Gasteiger charge is -2.34. The molecule has 9 heteroatoms. The Morgan fingerprint density at radius 3 is 2.80 bits per heavy atom. The van der Waals surface area contributed by atoms with E-state index in [0.29, 0.717) is 19.1 Å². The highest BCUT2D eigenvalue weighted by atomic mass is 32.2. The maximum absolute atomic E-state index is 12.2. The van der Waals surface area contributed by atoms with Gasteiger partial charge >= 0.3 is 0 Å². The number of sulfone groups is 1. The molecule has 4 rings (SSSR count). The molecule has 1 unspecified atom stereocenters. The Bertz CT molecular complexity index is 838. The quantitative estimate of drug-likeness (QED) is 0.792. The van der Waals surface area contributed by atoms with Crippen molar-refractivity contribution in [3.8, 4) is 0 Å². The summed E-state index contributed by atoms with van der Waals surface area (Å²) in [6.45, 7) is 3.92. The molecule has 1 aliphatic heterocycles. The van der Waals surface area contributed by atoms with Crippen molar-refractivity contribution in [3.05, 3.63) is 29.8 Å². The zero-order chi connectivity index (χ0) is 17.4. The average Bonchev–Trinajstić information content (AvgIpc) is 3.16. The Morgan fingerprint density at radius 1 is 1.28 bits per heavy atom. The standard InChI is InChI=1S/C16H24N6O2S/c1-2-21-9-13(8-17-21)16-12-25(23,24)7-6-20(16)10-14-11-22(19-18-14)15-4-3-5-15/h8-9,11,15-16H,2-7,10,12H2,1H3. The number of hydrogen-bond acceptors (Lipinski definition) is 6. The average molecular weight is 364 g/mol. The van der Waals surface area contributed by atoms with Crippen LogP contribution in [0.1, 0.15) is 49.5 Å². The predicted molar refractivity (Wildman–Crippen MR) is 92.6 cm³/mol. The van der Waals surface area contributed by atoms with Crippen LogP contribution in [0.25, 0.3) is 0 Å². The normalized spacial score (nSPS) is 24.3. The molecular weight excluding hydrogens is 340 g/mol. The number of aromatic nitrogens is 5. The Balaban J connectivity index is 1.54. The number of nitrogens with zero attached hydrogens (tertiary/aromatic N) is 6.